The highest BCUT2D eigenvalue weighted by atomic mass is 15.1. The van der Waals surface area contributed by atoms with Crippen molar-refractivity contribution >= 4 is 10.9 Å². The molecule has 0 radical (unpaired) electrons. The first-order valence-corrected chi connectivity index (χ1v) is 7.13. The van der Waals surface area contributed by atoms with E-state index < -0.39 is 0 Å². The van der Waals surface area contributed by atoms with Crippen molar-refractivity contribution in [2.45, 2.75) is 24.8 Å². The second-order valence-electron chi connectivity index (χ2n) is 5.96. The third-order valence-corrected chi connectivity index (χ3v) is 4.76. The topological polar surface area (TPSA) is 42.8 Å². The van der Waals surface area contributed by atoms with Crippen LogP contribution in [0.2, 0.25) is 0 Å². The average molecular weight is 263 g/mol. The van der Waals surface area contributed by atoms with Crippen LogP contribution >= 0.6 is 0 Å². The zero-order valence-corrected chi connectivity index (χ0v) is 11.6. The van der Waals surface area contributed by atoms with Crippen LogP contribution in [0.3, 0.4) is 0 Å². The van der Waals surface area contributed by atoms with E-state index in [1.807, 2.05) is 0 Å². The SMILES string of the molecule is CN1CC(CC#N)=C[C@@H]2c3cccc4[nH]cc(c34)C[C@H]21. The van der Waals surface area contributed by atoms with E-state index in [2.05, 4.69) is 53.5 Å². The highest BCUT2D eigenvalue weighted by molar-refractivity contribution is 5.88. The standard InChI is InChI=1S/C17H17N3/c1-20-10-11(5-6-18)7-14-13-3-2-4-15-17(13)12(9-19-15)8-16(14)20/h2-4,7,9,14,16,19H,5,8,10H2,1H3/t14-,16-/m1/s1. The lowest BCUT2D eigenvalue weighted by Gasteiger charge is -2.41. The van der Waals surface area contributed by atoms with Gasteiger partial charge in [0.1, 0.15) is 0 Å². The van der Waals surface area contributed by atoms with E-state index in [1.54, 1.807) is 0 Å². The van der Waals surface area contributed by atoms with Crippen molar-refractivity contribution in [1.29, 1.82) is 5.26 Å². The highest BCUT2D eigenvalue weighted by Crippen LogP contribution is 2.41. The number of aromatic nitrogens is 1. The molecule has 0 saturated carbocycles. The zero-order chi connectivity index (χ0) is 13.7. The first-order valence-electron chi connectivity index (χ1n) is 7.13. The number of nitrogens with one attached hydrogen (secondary N) is 1. The Bertz CT molecular complexity index is 747. The quantitative estimate of drug-likeness (QED) is 0.804. The fourth-order valence-corrected chi connectivity index (χ4v) is 3.88. The molecule has 0 unspecified atom stereocenters. The number of nitrogens with zero attached hydrogens (tertiary/aromatic N) is 2. The third-order valence-electron chi connectivity index (χ3n) is 4.76. The Morgan fingerprint density at radius 1 is 1.45 bits per heavy atom. The summed E-state index contributed by atoms with van der Waals surface area (Å²) in [6.07, 6.45) is 6.14. The Hall–Kier alpha value is -2.05. The largest absolute Gasteiger partial charge is 0.361 e. The molecule has 0 saturated heterocycles. The van der Waals surface area contributed by atoms with Gasteiger partial charge in [0.15, 0.2) is 0 Å². The summed E-state index contributed by atoms with van der Waals surface area (Å²) in [4.78, 5) is 5.80. The minimum Gasteiger partial charge on any atom is -0.361 e. The van der Waals surface area contributed by atoms with Crippen molar-refractivity contribution in [2.24, 2.45) is 0 Å². The van der Waals surface area contributed by atoms with E-state index in [1.165, 1.54) is 27.6 Å². The maximum Gasteiger partial charge on any atom is 0.0666 e. The normalized spacial score (nSPS) is 25.1. The molecule has 0 spiro atoms. The van der Waals surface area contributed by atoms with E-state index in [9.17, 15) is 0 Å². The molecular formula is C17H17N3. The van der Waals surface area contributed by atoms with E-state index in [0.29, 0.717) is 18.4 Å². The zero-order valence-electron chi connectivity index (χ0n) is 11.6. The number of fused-ring (bicyclic) bond motifs is 2. The summed E-state index contributed by atoms with van der Waals surface area (Å²) in [6, 6.07) is 9.34. The van der Waals surface area contributed by atoms with Gasteiger partial charge in [0, 0.05) is 35.6 Å². The van der Waals surface area contributed by atoms with Crippen LogP contribution in [-0.2, 0) is 6.42 Å². The summed E-state index contributed by atoms with van der Waals surface area (Å²) >= 11 is 0. The molecule has 100 valence electrons. The smallest absolute Gasteiger partial charge is 0.0666 e. The van der Waals surface area contributed by atoms with Gasteiger partial charge in [-0.2, -0.15) is 5.26 Å². The number of H-pyrrole nitrogens is 1. The molecular weight excluding hydrogens is 246 g/mol. The lowest BCUT2D eigenvalue weighted by molar-refractivity contribution is 0.223. The Labute approximate surface area is 118 Å². The Balaban J connectivity index is 1.90. The molecule has 2 aromatic rings. The number of hydrogen-bond donors (Lipinski definition) is 1. The molecule has 1 N–H and O–H groups in total. The van der Waals surface area contributed by atoms with Crippen LogP contribution in [0.1, 0.15) is 23.5 Å². The third kappa shape index (κ3) is 1.55. The van der Waals surface area contributed by atoms with Crippen molar-refractivity contribution in [1.82, 2.24) is 9.88 Å². The summed E-state index contributed by atoms with van der Waals surface area (Å²) in [6.45, 7) is 0.921. The molecule has 2 aliphatic rings. The van der Waals surface area contributed by atoms with Crippen LogP contribution < -0.4 is 0 Å². The fraction of sp³-hybridized carbons (Fsp3) is 0.353. The summed E-state index contributed by atoms with van der Waals surface area (Å²) < 4.78 is 0. The first kappa shape index (κ1) is 11.7. The summed E-state index contributed by atoms with van der Waals surface area (Å²) in [7, 11) is 2.18. The second kappa shape index (κ2) is 4.22. The van der Waals surface area contributed by atoms with Crippen LogP contribution in [0.15, 0.2) is 36.0 Å². The molecule has 3 heteroatoms. The molecule has 1 aliphatic heterocycles. The van der Waals surface area contributed by atoms with Gasteiger partial charge in [-0.3, -0.25) is 4.90 Å². The number of benzene rings is 1. The molecule has 0 amide bonds. The van der Waals surface area contributed by atoms with Crippen molar-refractivity contribution in [3.8, 4) is 6.07 Å². The van der Waals surface area contributed by atoms with Crippen molar-refractivity contribution in [3.63, 3.8) is 0 Å². The van der Waals surface area contributed by atoms with Gasteiger partial charge >= 0.3 is 0 Å². The molecule has 2 heterocycles. The molecule has 1 aromatic heterocycles. The van der Waals surface area contributed by atoms with E-state index in [0.717, 1.165) is 13.0 Å². The number of likely N-dealkylation sites (N-methyl/N-ethyl adjacent to an activating group) is 1. The summed E-state index contributed by atoms with van der Waals surface area (Å²) in [5.74, 6) is 0.420. The van der Waals surface area contributed by atoms with Crippen LogP contribution in [0.4, 0.5) is 0 Å². The average Bonchev–Trinajstić information content (AvgIpc) is 2.86. The van der Waals surface area contributed by atoms with Gasteiger partial charge in [0.2, 0.25) is 0 Å². The van der Waals surface area contributed by atoms with Gasteiger partial charge in [-0.05, 0) is 36.2 Å². The van der Waals surface area contributed by atoms with Crippen LogP contribution in [0.5, 0.6) is 0 Å². The van der Waals surface area contributed by atoms with Crippen LogP contribution in [-0.4, -0.2) is 29.5 Å². The van der Waals surface area contributed by atoms with E-state index >= 15 is 0 Å². The lowest BCUT2D eigenvalue weighted by Crippen LogP contribution is -2.43. The van der Waals surface area contributed by atoms with Crippen molar-refractivity contribution in [3.05, 3.63) is 47.2 Å². The van der Waals surface area contributed by atoms with Gasteiger partial charge < -0.3 is 4.98 Å². The number of aromatic amines is 1. The van der Waals surface area contributed by atoms with Gasteiger partial charge in [-0.25, -0.2) is 0 Å². The fourth-order valence-electron chi connectivity index (χ4n) is 3.88. The predicted octanol–water partition coefficient (Wildman–Crippen LogP) is 2.96. The van der Waals surface area contributed by atoms with Gasteiger partial charge in [-0.1, -0.05) is 18.2 Å². The lowest BCUT2D eigenvalue weighted by atomic mass is 9.76. The number of nitriles is 1. The van der Waals surface area contributed by atoms with E-state index in [-0.39, 0.29) is 0 Å². The molecule has 3 nitrogen and oxygen atoms in total. The molecule has 0 bridgehead atoms. The monoisotopic (exact) mass is 263 g/mol. The van der Waals surface area contributed by atoms with Crippen LogP contribution in [0.25, 0.3) is 10.9 Å². The van der Waals surface area contributed by atoms with Crippen molar-refractivity contribution < 1.29 is 0 Å². The second-order valence-corrected chi connectivity index (χ2v) is 5.96. The summed E-state index contributed by atoms with van der Waals surface area (Å²) in [5, 5.41) is 10.4. The first-order chi connectivity index (χ1) is 9.78. The van der Waals surface area contributed by atoms with Crippen LogP contribution in [0, 0.1) is 11.3 Å². The Morgan fingerprint density at radius 2 is 2.35 bits per heavy atom. The molecule has 4 rings (SSSR count). The summed E-state index contributed by atoms with van der Waals surface area (Å²) in [5.41, 5.74) is 5.34. The van der Waals surface area contributed by atoms with Gasteiger partial charge in [-0.15, -0.1) is 0 Å². The minimum absolute atomic E-state index is 0.420. The Kier molecular flexibility index (Phi) is 2.48. The molecule has 1 aromatic carbocycles. The molecule has 0 fully saturated rings. The van der Waals surface area contributed by atoms with E-state index in [4.69, 9.17) is 5.26 Å². The maximum absolute atomic E-state index is 8.96. The molecule has 2 atom stereocenters. The number of hydrogen-bond acceptors (Lipinski definition) is 2. The predicted molar refractivity (Wildman–Crippen MR) is 79.5 cm³/mol. The highest BCUT2D eigenvalue weighted by Gasteiger charge is 2.35. The number of rotatable bonds is 1. The van der Waals surface area contributed by atoms with Crippen molar-refractivity contribution in [2.75, 3.05) is 13.6 Å². The molecule has 1 aliphatic carbocycles. The molecule has 20 heavy (non-hydrogen) atoms. The minimum atomic E-state index is 0.420. The van der Waals surface area contributed by atoms with Gasteiger partial charge in [0.05, 0.1) is 12.5 Å². The Morgan fingerprint density at radius 3 is 3.20 bits per heavy atom. The maximum atomic E-state index is 8.96. The van der Waals surface area contributed by atoms with Gasteiger partial charge in [0.25, 0.3) is 0 Å².